The molecular weight excluding hydrogens is 236 g/mol. The van der Waals surface area contributed by atoms with Gasteiger partial charge in [-0.3, -0.25) is 4.79 Å². The topological polar surface area (TPSA) is 41.1 Å². The van der Waals surface area contributed by atoms with Gasteiger partial charge in [0.15, 0.2) is 0 Å². The molecule has 0 unspecified atom stereocenters. The first-order valence-corrected chi connectivity index (χ1v) is 6.28. The summed E-state index contributed by atoms with van der Waals surface area (Å²) < 4.78 is 0. The fraction of sp³-hybridized carbons (Fsp3) is 0.462. The van der Waals surface area contributed by atoms with E-state index >= 15 is 0 Å². The van der Waals surface area contributed by atoms with Crippen molar-refractivity contribution < 1.29 is 4.79 Å². The number of carbonyl (C=O) groups is 1. The summed E-state index contributed by atoms with van der Waals surface area (Å²) in [5, 5.41) is 6.61. The average molecular weight is 255 g/mol. The van der Waals surface area contributed by atoms with E-state index in [0.29, 0.717) is 11.6 Å². The third-order valence-electron chi connectivity index (χ3n) is 2.53. The molecule has 3 nitrogen and oxygen atoms in total. The zero-order valence-corrected chi connectivity index (χ0v) is 11.1. The van der Waals surface area contributed by atoms with Crippen molar-refractivity contribution >= 4 is 23.2 Å². The van der Waals surface area contributed by atoms with Crippen molar-refractivity contribution in [1.29, 1.82) is 0 Å². The summed E-state index contributed by atoms with van der Waals surface area (Å²) in [5.74, 6) is -0.0357. The smallest absolute Gasteiger partial charge is 0.238 e. The molecule has 1 rings (SSSR count). The Balaban J connectivity index is 2.43. The van der Waals surface area contributed by atoms with E-state index in [1.165, 1.54) is 0 Å². The second-order valence-electron chi connectivity index (χ2n) is 3.99. The van der Waals surface area contributed by atoms with Gasteiger partial charge < -0.3 is 10.6 Å². The number of carbonyl (C=O) groups excluding carboxylic acids is 1. The van der Waals surface area contributed by atoms with Crippen LogP contribution in [0.2, 0.25) is 5.02 Å². The number of halogens is 1. The number of hydrogen-bond acceptors (Lipinski definition) is 2. The van der Waals surface area contributed by atoms with Gasteiger partial charge in [-0.05, 0) is 37.6 Å². The molecule has 17 heavy (non-hydrogen) atoms. The summed E-state index contributed by atoms with van der Waals surface area (Å²) in [5.41, 5.74) is 1.68. The van der Waals surface area contributed by atoms with Crippen molar-refractivity contribution in [2.75, 3.05) is 18.4 Å². The van der Waals surface area contributed by atoms with Gasteiger partial charge in [-0.1, -0.05) is 31.0 Å². The SMILES string of the molecule is CCCCNCC(=O)Nc1cccc(Cl)c1C. The Labute approximate surface area is 108 Å². The third kappa shape index (κ3) is 4.75. The minimum atomic E-state index is -0.0357. The van der Waals surface area contributed by atoms with E-state index in [0.717, 1.165) is 30.6 Å². The van der Waals surface area contributed by atoms with E-state index in [2.05, 4.69) is 17.6 Å². The molecule has 0 aliphatic heterocycles. The molecule has 0 spiro atoms. The summed E-state index contributed by atoms with van der Waals surface area (Å²) in [6.45, 7) is 5.23. The molecule has 0 aliphatic carbocycles. The maximum Gasteiger partial charge on any atom is 0.238 e. The second-order valence-corrected chi connectivity index (χ2v) is 4.40. The van der Waals surface area contributed by atoms with E-state index in [1.807, 2.05) is 25.1 Å². The molecule has 0 radical (unpaired) electrons. The predicted octanol–water partition coefficient (Wildman–Crippen LogP) is 2.98. The minimum absolute atomic E-state index is 0.0357. The number of rotatable bonds is 6. The normalized spacial score (nSPS) is 10.3. The Morgan fingerprint density at radius 2 is 2.18 bits per heavy atom. The van der Waals surface area contributed by atoms with Gasteiger partial charge in [0.2, 0.25) is 5.91 Å². The highest BCUT2D eigenvalue weighted by molar-refractivity contribution is 6.31. The van der Waals surface area contributed by atoms with Crippen LogP contribution in [0.3, 0.4) is 0 Å². The molecule has 2 N–H and O–H groups in total. The fourth-order valence-electron chi connectivity index (χ4n) is 1.44. The summed E-state index contributed by atoms with van der Waals surface area (Å²) >= 11 is 5.98. The van der Waals surface area contributed by atoms with E-state index in [1.54, 1.807) is 0 Å². The lowest BCUT2D eigenvalue weighted by Gasteiger charge is -2.09. The fourth-order valence-corrected chi connectivity index (χ4v) is 1.62. The molecule has 0 fully saturated rings. The van der Waals surface area contributed by atoms with Crippen LogP contribution in [0.1, 0.15) is 25.3 Å². The summed E-state index contributed by atoms with van der Waals surface area (Å²) in [6, 6.07) is 5.49. The highest BCUT2D eigenvalue weighted by atomic mass is 35.5. The molecule has 1 amide bonds. The van der Waals surface area contributed by atoms with Gasteiger partial charge in [0.1, 0.15) is 0 Å². The average Bonchev–Trinajstić information content (AvgIpc) is 2.31. The first-order valence-electron chi connectivity index (χ1n) is 5.90. The van der Waals surface area contributed by atoms with Gasteiger partial charge >= 0.3 is 0 Å². The Hall–Kier alpha value is -1.06. The Morgan fingerprint density at radius 3 is 2.88 bits per heavy atom. The number of hydrogen-bond donors (Lipinski definition) is 2. The Kier molecular flexibility index (Phi) is 6.01. The van der Waals surface area contributed by atoms with Crippen LogP contribution in [0, 0.1) is 6.92 Å². The van der Waals surface area contributed by atoms with E-state index in [-0.39, 0.29) is 5.91 Å². The maximum absolute atomic E-state index is 11.6. The van der Waals surface area contributed by atoms with Gasteiger partial charge in [0.05, 0.1) is 6.54 Å². The van der Waals surface area contributed by atoms with Gasteiger partial charge in [-0.25, -0.2) is 0 Å². The van der Waals surface area contributed by atoms with Crippen molar-refractivity contribution in [3.05, 3.63) is 28.8 Å². The minimum Gasteiger partial charge on any atom is -0.325 e. The van der Waals surface area contributed by atoms with Crippen LogP contribution in [-0.4, -0.2) is 19.0 Å². The third-order valence-corrected chi connectivity index (χ3v) is 2.94. The van der Waals surface area contributed by atoms with Crippen LogP contribution >= 0.6 is 11.6 Å². The van der Waals surface area contributed by atoms with Crippen molar-refractivity contribution in [2.24, 2.45) is 0 Å². The van der Waals surface area contributed by atoms with Gasteiger partial charge in [-0.2, -0.15) is 0 Å². The number of unbranched alkanes of at least 4 members (excludes halogenated alkanes) is 1. The predicted molar refractivity (Wildman–Crippen MR) is 72.6 cm³/mol. The monoisotopic (exact) mass is 254 g/mol. The zero-order valence-electron chi connectivity index (χ0n) is 10.3. The van der Waals surface area contributed by atoms with Crippen LogP contribution in [0.15, 0.2) is 18.2 Å². The van der Waals surface area contributed by atoms with Crippen LogP contribution in [-0.2, 0) is 4.79 Å². The largest absolute Gasteiger partial charge is 0.325 e. The van der Waals surface area contributed by atoms with E-state index < -0.39 is 0 Å². The number of amides is 1. The van der Waals surface area contributed by atoms with E-state index in [4.69, 9.17) is 11.6 Å². The zero-order chi connectivity index (χ0) is 12.7. The van der Waals surface area contributed by atoms with Crippen LogP contribution in [0.5, 0.6) is 0 Å². The molecule has 94 valence electrons. The van der Waals surface area contributed by atoms with E-state index in [9.17, 15) is 4.79 Å². The summed E-state index contributed by atoms with van der Waals surface area (Å²) in [4.78, 5) is 11.6. The lowest BCUT2D eigenvalue weighted by molar-refractivity contribution is -0.115. The number of anilines is 1. The molecule has 0 saturated heterocycles. The summed E-state index contributed by atoms with van der Waals surface area (Å²) in [6.07, 6.45) is 2.21. The molecule has 1 aromatic rings. The van der Waals surface area contributed by atoms with Crippen LogP contribution in [0.25, 0.3) is 0 Å². The molecule has 0 atom stereocenters. The second kappa shape index (κ2) is 7.30. The quantitative estimate of drug-likeness (QED) is 0.767. The lowest BCUT2D eigenvalue weighted by atomic mass is 10.2. The van der Waals surface area contributed by atoms with Gasteiger partial charge in [-0.15, -0.1) is 0 Å². The molecule has 0 aromatic heterocycles. The van der Waals surface area contributed by atoms with Crippen molar-refractivity contribution in [1.82, 2.24) is 5.32 Å². The van der Waals surface area contributed by atoms with Crippen molar-refractivity contribution in [3.8, 4) is 0 Å². The van der Waals surface area contributed by atoms with Gasteiger partial charge in [0.25, 0.3) is 0 Å². The first-order chi connectivity index (χ1) is 8.15. The standard InChI is InChI=1S/C13H19ClN2O/c1-3-4-8-15-9-13(17)16-12-7-5-6-11(14)10(12)2/h5-7,15H,3-4,8-9H2,1-2H3,(H,16,17). The molecule has 0 bridgehead atoms. The Bertz CT molecular complexity index is 380. The van der Waals surface area contributed by atoms with Crippen molar-refractivity contribution in [3.63, 3.8) is 0 Å². The molecule has 0 saturated carbocycles. The molecular formula is C13H19ClN2O. The van der Waals surface area contributed by atoms with Crippen LogP contribution in [0.4, 0.5) is 5.69 Å². The van der Waals surface area contributed by atoms with Crippen molar-refractivity contribution in [2.45, 2.75) is 26.7 Å². The molecule has 1 aromatic carbocycles. The Morgan fingerprint density at radius 1 is 1.41 bits per heavy atom. The number of nitrogens with one attached hydrogen (secondary N) is 2. The van der Waals surface area contributed by atoms with Crippen LogP contribution < -0.4 is 10.6 Å². The molecule has 4 heteroatoms. The molecule has 0 aliphatic rings. The highest BCUT2D eigenvalue weighted by Gasteiger charge is 2.05. The molecule has 0 heterocycles. The van der Waals surface area contributed by atoms with Gasteiger partial charge in [0, 0.05) is 10.7 Å². The lowest BCUT2D eigenvalue weighted by Crippen LogP contribution is -2.28. The first kappa shape index (κ1) is 14.0. The number of benzene rings is 1. The highest BCUT2D eigenvalue weighted by Crippen LogP contribution is 2.22. The maximum atomic E-state index is 11.6. The summed E-state index contributed by atoms with van der Waals surface area (Å²) in [7, 11) is 0.